The first-order valence-corrected chi connectivity index (χ1v) is 9.87. The average Bonchev–Trinajstić information content (AvgIpc) is 2.74. The minimum atomic E-state index is -0.932. The summed E-state index contributed by atoms with van der Waals surface area (Å²) in [6.45, 7) is 3.66. The molecule has 7 nitrogen and oxygen atoms in total. The Morgan fingerprint density at radius 2 is 1.55 bits per heavy atom. The van der Waals surface area contributed by atoms with Crippen molar-refractivity contribution < 1.29 is 14.4 Å². The molecule has 0 aliphatic heterocycles. The summed E-state index contributed by atoms with van der Waals surface area (Å²) in [5.41, 5.74) is 5.84. The summed E-state index contributed by atoms with van der Waals surface area (Å²) in [4.78, 5) is 36.4. The summed E-state index contributed by atoms with van der Waals surface area (Å²) in [6, 6.07) is 17.5. The molecular formula is C22H18Cl2N4O3. The first-order valence-electron chi connectivity index (χ1n) is 9.11. The molecule has 0 saturated carbocycles. The predicted molar refractivity (Wildman–Crippen MR) is 123 cm³/mol. The lowest BCUT2D eigenvalue weighted by Crippen LogP contribution is -2.43. The van der Waals surface area contributed by atoms with E-state index in [-0.39, 0.29) is 12.1 Å². The second-order valence-electron chi connectivity index (χ2n) is 6.52. The van der Waals surface area contributed by atoms with E-state index in [1.807, 2.05) is 30.3 Å². The van der Waals surface area contributed by atoms with Crippen molar-refractivity contribution in [3.8, 4) is 0 Å². The number of hydrogen-bond donors (Lipinski definition) is 4. The van der Waals surface area contributed by atoms with Gasteiger partial charge in [0.1, 0.15) is 0 Å². The molecule has 0 saturated heterocycles. The summed E-state index contributed by atoms with van der Waals surface area (Å²) in [5.74, 6) is -2.19. The lowest BCUT2D eigenvalue weighted by atomic mass is 10.1. The van der Waals surface area contributed by atoms with E-state index < -0.39 is 17.7 Å². The summed E-state index contributed by atoms with van der Waals surface area (Å²) < 4.78 is 0. The number of anilines is 2. The van der Waals surface area contributed by atoms with Crippen molar-refractivity contribution in [3.05, 3.63) is 83.0 Å². The monoisotopic (exact) mass is 456 g/mol. The van der Waals surface area contributed by atoms with Crippen LogP contribution >= 0.6 is 23.2 Å². The van der Waals surface area contributed by atoms with Crippen molar-refractivity contribution in [3.63, 3.8) is 0 Å². The molecule has 3 aromatic carbocycles. The fourth-order valence-electron chi connectivity index (χ4n) is 2.73. The van der Waals surface area contributed by atoms with E-state index in [0.29, 0.717) is 21.4 Å². The number of fused-ring (bicyclic) bond motifs is 1. The minimum absolute atomic E-state index is 0.147. The fraction of sp³-hybridized carbons (Fsp3) is 0.0455. The highest BCUT2D eigenvalue weighted by atomic mass is 35.5. The third-order valence-corrected chi connectivity index (χ3v) is 4.91. The molecule has 0 radical (unpaired) electrons. The van der Waals surface area contributed by atoms with E-state index in [1.54, 1.807) is 24.3 Å². The van der Waals surface area contributed by atoms with Crippen LogP contribution in [0.2, 0.25) is 10.0 Å². The van der Waals surface area contributed by atoms with Crippen LogP contribution in [-0.4, -0.2) is 17.7 Å². The third-order valence-electron chi connectivity index (χ3n) is 4.17. The summed E-state index contributed by atoms with van der Waals surface area (Å²) in [7, 11) is 0. The summed E-state index contributed by atoms with van der Waals surface area (Å²) in [6.07, 6.45) is -0.147. The van der Waals surface area contributed by atoms with E-state index in [9.17, 15) is 14.4 Å². The van der Waals surface area contributed by atoms with Gasteiger partial charge in [-0.15, -0.1) is 0 Å². The molecule has 0 aromatic heterocycles. The molecule has 4 N–H and O–H groups in total. The molecule has 9 heteroatoms. The molecule has 0 atom stereocenters. The van der Waals surface area contributed by atoms with E-state index in [0.717, 1.165) is 10.8 Å². The Kier molecular flexibility index (Phi) is 7.12. The SMILES string of the molecule is C=C(CC(=O)Nc1ccc(Cl)c(Cl)c1)NNC(=O)C(=O)Nc1cccc2ccccc12. The normalized spacial score (nSPS) is 10.3. The first-order chi connectivity index (χ1) is 14.8. The van der Waals surface area contributed by atoms with Crippen LogP contribution < -0.4 is 21.5 Å². The quantitative estimate of drug-likeness (QED) is 0.329. The van der Waals surface area contributed by atoms with Crippen molar-refractivity contribution in [2.24, 2.45) is 0 Å². The van der Waals surface area contributed by atoms with Crippen LogP contribution in [0.25, 0.3) is 10.8 Å². The van der Waals surface area contributed by atoms with Gasteiger partial charge in [0, 0.05) is 22.5 Å². The van der Waals surface area contributed by atoms with Gasteiger partial charge in [-0.1, -0.05) is 66.2 Å². The van der Waals surface area contributed by atoms with E-state index >= 15 is 0 Å². The van der Waals surface area contributed by atoms with Crippen molar-refractivity contribution in [2.75, 3.05) is 10.6 Å². The Balaban J connectivity index is 1.49. The Labute approximate surface area is 188 Å². The van der Waals surface area contributed by atoms with Crippen molar-refractivity contribution in [1.82, 2.24) is 10.9 Å². The van der Waals surface area contributed by atoms with Gasteiger partial charge in [-0.25, -0.2) is 0 Å². The van der Waals surface area contributed by atoms with Crippen LogP contribution in [0.4, 0.5) is 11.4 Å². The van der Waals surface area contributed by atoms with Gasteiger partial charge >= 0.3 is 11.8 Å². The molecule has 0 aliphatic rings. The van der Waals surface area contributed by atoms with Crippen LogP contribution in [0.3, 0.4) is 0 Å². The van der Waals surface area contributed by atoms with E-state index in [1.165, 1.54) is 6.07 Å². The Hall–Kier alpha value is -3.55. The number of carbonyl (C=O) groups is 3. The number of amides is 3. The molecule has 0 bridgehead atoms. The molecule has 0 unspecified atom stereocenters. The number of halogens is 2. The number of benzene rings is 3. The minimum Gasteiger partial charge on any atom is -0.326 e. The summed E-state index contributed by atoms with van der Waals surface area (Å²) >= 11 is 11.7. The number of rotatable bonds is 6. The second kappa shape index (κ2) is 9.97. The highest BCUT2D eigenvalue weighted by Crippen LogP contribution is 2.25. The molecule has 0 spiro atoms. The fourth-order valence-corrected chi connectivity index (χ4v) is 3.03. The van der Waals surface area contributed by atoms with Crippen molar-refractivity contribution in [1.29, 1.82) is 0 Å². The van der Waals surface area contributed by atoms with Gasteiger partial charge in [-0.2, -0.15) is 0 Å². The van der Waals surface area contributed by atoms with Crippen LogP contribution in [0.5, 0.6) is 0 Å². The lowest BCUT2D eigenvalue weighted by molar-refractivity contribution is -0.136. The first kappa shape index (κ1) is 22.1. The largest absolute Gasteiger partial charge is 0.327 e. The zero-order valence-electron chi connectivity index (χ0n) is 16.2. The van der Waals surface area contributed by atoms with Gasteiger partial charge in [0.25, 0.3) is 0 Å². The summed E-state index contributed by atoms with van der Waals surface area (Å²) in [5, 5.41) is 7.61. The highest BCUT2D eigenvalue weighted by Gasteiger charge is 2.15. The molecule has 0 heterocycles. The zero-order chi connectivity index (χ0) is 22.4. The Bertz CT molecular complexity index is 1180. The maximum absolute atomic E-state index is 12.2. The van der Waals surface area contributed by atoms with Gasteiger partial charge in [0.2, 0.25) is 5.91 Å². The lowest BCUT2D eigenvalue weighted by Gasteiger charge is -2.12. The molecular weight excluding hydrogens is 439 g/mol. The average molecular weight is 457 g/mol. The van der Waals surface area contributed by atoms with Gasteiger partial charge in [-0.05, 0) is 29.7 Å². The number of hydrogen-bond acceptors (Lipinski definition) is 4. The molecule has 3 rings (SSSR count). The van der Waals surface area contributed by atoms with Crippen molar-refractivity contribution >= 4 is 63.1 Å². The molecule has 158 valence electrons. The molecule has 0 fully saturated rings. The van der Waals surface area contributed by atoms with Gasteiger partial charge in [0.15, 0.2) is 0 Å². The molecule has 3 aromatic rings. The second-order valence-corrected chi connectivity index (χ2v) is 7.33. The van der Waals surface area contributed by atoms with Crippen molar-refractivity contribution in [2.45, 2.75) is 6.42 Å². The number of hydrazine groups is 1. The van der Waals surface area contributed by atoms with Gasteiger partial charge < -0.3 is 16.1 Å². The van der Waals surface area contributed by atoms with E-state index in [4.69, 9.17) is 23.2 Å². The maximum atomic E-state index is 12.2. The van der Waals surface area contributed by atoms with Crippen LogP contribution in [0.1, 0.15) is 6.42 Å². The Morgan fingerprint density at radius 3 is 2.32 bits per heavy atom. The van der Waals surface area contributed by atoms with Crippen LogP contribution in [0.15, 0.2) is 72.9 Å². The van der Waals surface area contributed by atoms with Gasteiger partial charge in [0.05, 0.1) is 16.5 Å². The topological polar surface area (TPSA) is 99.3 Å². The zero-order valence-corrected chi connectivity index (χ0v) is 17.7. The third kappa shape index (κ3) is 5.97. The van der Waals surface area contributed by atoms with Crippen LogP contribution in [0, 0.1) is 0 Å². The predicted octanol–water partition coefficient (Wildman–Crippen LogP) is 4.25. The number of nitrogens with one attached hydrogen (secondary N) is 4. The van der Waals surface area contributed by atoms with Gasteiger partial charge in [-0.3, -0.25) is 19.8 Å². The maximum Gasteiger partial charge on any atom is 0.327 e. The molecule has 3 amide bonds. The van der Waals surface area contributed by atoms with E-state index in [2.05, 4.69) is 28.1 Å². The smallest absolute Gasteiger partial charge is 0.326 e. The highest BCUT2D eigenvalue weighted by molar-refractivity contribution is 6.42. The standard InChI is InChI=1S/C22H18Cl2N4O3/c1-13(11-20(29)25-15-9-10-17(23)18(24)12-15)27-28-22(31)21(30)26-19-8-4-6-14-5-2-3-7-16(14)19/h2-10,12,27H,1,11H2,(H,25,29)(H,26,30)(H,28,31). The number of carbonyl (C=O) groups excluding carboxylic acids is 3. The molecule has 0 aliphatic carbocycles. The van der Waals surface area contributed by atoms with Crippen LogP contribution in [-0.2, 0) is 14.4 Å². The Morgan fingerprint density at radius 1 is 0.806 bits per heavy atom. The molecule has 31 heavy (non-hydrogen) atoms.